The van der Waals surface area contributed by atoms with E-state index >= 15 is 0 Å². The van der Waals surface area contributed by atoms with Gasteiger partial charge in [-0.15, -0.1) is 47.5 Å². The molecular formula is C41H36N2O2Pt. The molecule has 0 radical (unpaired) electrons. The van der Waals surface area contributed by atoms with Crippen LogP contribution < -0.4 is 4.74 Å². The Balaban J connectivity index is 0.00000372. The molecule has 3 aromatic heterocycles. The van der Waals surface area contributed by atoms with Crippen molar-refractivity contribution in [2.24, 2.45) is 5.41 Å². The van der Waals surface area contributed by atoms with Gasteiger partial charge in [0.1, 0.15) is 11.2 Å². The number of rotatable bonds is 5. The van der Waals surface area contributed by atoms with Crippen LogP contribution in [0.1, 0.15) is 52.7 Å². The van der Waals surface area contributed by atoms with Crippen molar-refractivity contribution in [2.75, 3.05) is 0 Å². The molecule has 0 saturated heterocycles. The number of fused-ring (bicyclic) bond motifs is 5. The van der Waals surface area contributed by atoms with Gasteiger partial charge in [-0.25, -0.2) is 0 Å². The molecule has 7 rings (SSSR count). The van der Waals surface area contributed by atoms with Gasteiger partial charge in [0, 0.05) is 45.7 Å². The molecule has 7 aromatic rings. The fourth-order valence-electron chi connectivity index (χ4n) is 5.92. The van der Waals surface area contributed by atoms with Gasteiger partial charge >= 0.3 is 21.1 Å². The van der Waals surface area contributed by atoms with E-state index in [1.54, 1.807) is 0 Å². The van der Waals surface area contributed by atoms with E-state index in [0.29, 0.717) is 11.5 Å². The molecule has 0 atom stereocenters. The summed E-state index contributed by atoms with van der Waals surface area (Å²) < 4.78 is 12.9. The van der Waals surface area contributed by atoms with Crippen LogP contribution in [-0.4, -0.2) is 9.97 Å². The molecule has 3 heterocycles. The van der Waals surface area contributed by atoms with Gasteiger partial charge in [0.05, 0.1) is 0 Å². The summed E-state index contributed by atoms with van der Waals surface area (Å²) >= 11 is 0. The van der Waals surface area contributed by atoms with E-state index in [1.807, 2.05) is 54.9 Å². The van der Waals surface area contributed by atoms with Crippen molar-refractivity contribution >= 4 is 32.7 Å². The predicted molar refractivity (Wildman–Crippen MR) is 184 cm³/mol. The Hall–Kier alpha value is -4.27. The van der Waals surface area contributed by atoms with Crippen molar-refractivity contribution in [1.29, 1.82) is 0 Å². The number of ether oxygens (including phenoxy) is 1. The molecule has 0 aliphatic carbocycles. The van der Waals surface area contributed by atoms with Crippen molar-refractivity contribution in [3.63, 3.8) is 0 Å². The zero-order chi connectivity index (χ0) is 31.3. The first-order valence-corrected chi connectivity index (χ1v) is 15.4. The summed E-state index contributed by atoms with van der Waals surface area (Å²) in [7, 11) is 0. The van der Waals surface area contributed by atoms with Crippen molar-refractivity contribution in [2.45, 2.75) is 53.4 Å². The summed E-state index contributed by atoms with van der Waals surface area (Å²) in [5.74, 6) is 1.17. The topological polar surface area (TPSA) is 48.2 Å². The quantitative estimate of drug-likeness (QED) is 0.163. The van der Waals surface area contributed by atoms with Crippen LogP contribution in [0.25, 0.3) is 55.2 Å². The molecule has 0 spiro atoms. The average molecular weight is 784 g/mol. The molecule has 0 amide bonds. The molecule has 46 heavy (non-hydrogen) atoms. The summed E-state index contributed by atoms with van der Waals surface area (Å²) in [6.45, 7) is 13.4. The van der Waals surface area contributed by atoms with Gasteiger partial charge in [-0.3, -0.25) is 0 Å². The Kier molecular flexibility index (Phi) is 8.38. The Morgan fingerprint density at radius 3 is 2.09 bits per heavy atom. The van der Waals surface area contributed by atoms with Gasteiger partial charge in [-0.1, -0.05) is 84.0 Å². The summed E-state index contributed by atoms with van der Waals surface area (Å²) in [6.07, 6.45) is 4.71. The minimum Gasteiger partial charge on any atom is -0.497 e. The van der Waals surface area contributed by atoms with Crippen LogP contribution in [0.4, 0.5) is 0 Å². The normalized spacial score (nSPS) is 12.0. The van der Waals surface area contributed by atoms with E-state index in [4.69, 9.17) is 14.1 Å². The van der Waals surface area contributed by atoms with E-state index < -0.39 is 0 Å². The smallest absolute Gasteiger partial charge is 0.497 e. The Labute approximate surface area is 285 Å². The maximum atomic E-state index is 6.61. The average Bonchev–Trinajstić information content (AvgIpc) is 3.39. The van der Waals surface area contributed by atoms with Crippen LogP contribution >= 0.6 is 0 Å². The number of benzene rings is 4. The molecule has 0 unspecified atom stereocenters. The first-order valence-electron chi connectivity index (χ1n) is 15.4. The molecule has 0 aliphatic rings. The number of aromatic nitrogens is 2. The second-order valence-corrected chi connectivity index (χ2v) is 14.0. The van der Waals surface area contributed by atoms with Crippen LogP contribution in [0, 0.1) is 17.5 Å². The molecule has 0 bridgehead atoms. The maximum Gasteiger partial charge on any atom is 2.00 e. The predicted octanol–water partition coefficient (Wildman–Crippen LogP) is 11.1. The van der Waals surface area contributed by atoms with Gasteiger partial charge in [-0.05, 0) is 57.7 Å². The van der Waals surface area contributed by atoms with Gasteiger partial charge in [0.25, 0.3) is 0 Å². The summed E-state index contributed by atoms with van der Waals surface area (Å²) in [5.41, 5.74) is 7.69. The second kappa shape index (κ2) is 12.2. The van der Waals surface area contributed by atoms with E-state index in [9.17, 15) is 0 Å². The zero-order valence-corrected chi connectivity index (χ0v) is 29.2. The van der Waals surface area contributed by atoms with Crippen LogP contribution in [0.3, 0.4) is 0 Å². The largest absolute Gasteiger partial charge is 2.00 e. The fourth-order valence-corrected chi connectivity index (χ4v) is 5.92. The molecule has 5 heteroatoms. The van der Waals surface area contributed by atoms with Gasteiger partial charge in [-0.2, -0.15) is 0 Å². The Morgan fingerprint density at radius 1 is 0.674 bits per heavy atom. The third-order valence-corrected chi connectivity index (χ3v) is 8.08. The molecule has 0 N–H and O–H groups in total. The minimum absolute atomic E-state index is 0. The van der Waals surface area contributed by atoms with Crippen LogP contribution in [0.5, 0.6) is 11.5 Å². The molecule has 0 fully saturated rings. The molecule has 4 nitrogen and oxygen atoms in total. The van der Waals surface area contributed by atoms with Crippen molar-refractivity contribution < 1.29 is 30.2 Å². The summed E-state index contributed by atoms with van der Waals surface area (Å²) in [4.78, 5) is 9.34. The van der Waals surface area contributed by atoms with Crippen molar-refractivity contribution in [3.8, 4) is 34.0 Å². The maximum absolute atomic E-state index is 6.61. The molecule has 4 aromatic carbocycles. The zero-order valence-electron chi connectivity index (χ0n) is 27.0. The van der Waals surface area contributed by atoms with E-state index in [1.165, 1.54) is 16.5 Å². The van der Waals surface area contributed by atoms with Crippen molar-refractivity contribution in [3.05, 3.63) is 121 Å². The molecule has 232 valence electrons. The Morgan fingerprint density at radius 2 is 1.35 bits per heavy atom. The number of nitrogens with zero attached hydrogens (tertiary/aromatic N) is 2. The first-order chi connectivity index (χ1) is 21.5. The molecular weight excluding hydrogens is 748 g/mol. The van der Waals surface area contributed by atoms with Gasteiger partial charge < -0.3 is 19.1 Å². The summed E-state index contributed by atoms with van der Waals surface area (Å²) in [5, 5.41) is 4.39. The number of hydrogen-bond donors (Lipinski definition) is 0. The molecule has 0 saturated carbocycles. The van der Waals surface area contributed by atoms with E-state index in [-0.39, 0.29) is 31.9 Å². The van der Waals surface area contributed by atoms with E-state index in [2.05, 4.69) is 101 Å². The minimum atomic E-state index is 0. The monoisotopic (exact) mass is 783 g/mol. The number of furan rings is 1. The van der Waals surface area contributed by atoms with Crippen molar-refractivity contribution in [1.82, 2.24) is 9.97 Å². The van der Waals surface area contributed by atoms with Crippen LogP contribution in [0.15, 0.2) is 102 Å². The van der Waals surface area contributed by atoms with Gasteiger partial charge in [0.15, 0.2) is 0 Å². The van der Waals surface area contributed by atoms with Crippen LogP contribution in [0.2, 0.25) is 0 Å². The second-order valence-electron chi connectivity index (χ2n) is 14.0. The SMILES string of the molecule is CC(C)(C)Cc1ccc2c(ccc3c4ccnc(-c5[c-]c(Oc6[c-]c(-c7cc(C(C)(C)C)ccn7)ccc6)ccc5)c4oc23)c1.[Pt+2]. The summed E-state index contributed by atoms with van der Waals surface area (Å²) in [6, 6.07) is 35.8. The van der Waals surface area contributed by atoms with Crippen LogP contribution in [-0.2, 0) is 32.9 Å². The number of pyridine rings is 2. The molecule has 0 aliphatic heterocycles. The third-order valence-electron chi connectivity index (χ3n) is 8.08. The van der Waals surface area contributed by atoms with Gasteiger partial charge in [0.2, 0.25) is 0 Å². The standard InChI is InChI=1S/C41H36N2O2.Pt/c1-40(2,3)25-26-13-15-33-27(21-26)14-16-34-35-18-20-43-37(39(35)45-38(33)34)29-10-8-12-32(23-29)44-31-11-7-9-28(22-31)36-24-30(17-19-42-36)41(4,5)6;/h7-21,24H,25H2,1-6H3;/q-2;+2. The van der Waals surface area contributed by atoms with E-state index in [0.717, 1.165) is 56.3 Å². The third kappa shape index (κ3) is 6.37. The fraction of sp³-hybridized carbons (Fsp3) is 0.220. The Bertz CT molecular complexity index is 2200. The number of hydrogen-bond acceptors (Lipinski definition) is 4. The first kappa shape index (κ1) is 31.7.